The highest BCUT2D eigenvalue weighted by atomic mass is 35.5. The number of carbonyl (C=O) groups is 1. The Balaban J connectivity index is 1.85. The van der Waals surface area contributed by atoms with Crippen molar-refractivity contribution in [1.29, 1.82) is 0 Å². The van der Waals surface area contributed by atoms with Crippen LogP contribution in [0, 0.1) is 0 Å². The molecule has 2 unspecified atom stereocenters. The molecular formula is C14H21ClN2O3S. The summed E-state index contributed by atoms with van der Waals surface area (Å²) in [5.74, 6) is 0.0605. The molecule has 1 aliphatic heterocycles. The van der Waals surface area contributed by atoms with Crippen LogP contribution in [0.15, 0.2) is 12.1 Å². The Morgan fingerprint density at radius 2 is 2.33 bits per heavy atom. The summed E-state index contributed by atoms with van der Waals surface area (Å²) in [6.45, 7) is 4.15. The van der Waals surface area contributed by atoms with Gasteiger partial charge in [0, 0.05) is 25.0 Å². The van der Waals surface area contributed by atoms with Crippen LogP contribution in [-0.4, -0.2) is 66.3 Å². The molecule has 118 valence electrons. The number of carbonyl (C=O) groups excluding carboxylic acids is 1. The van der Waals surface area contributed by atoms with E-state index in [4.69, 9.17) is 16.3 Å². The average Bonchev–Trinajstić information content (AvgIpc) is 2.83. The van der Waals surface area contributed by atoms with Crippen molar-refractivity contribution >= 4 is 28.8 Å². The Morgan fingerprint density at radius 1 is 1.57 bits per heavy atom. The molecule has 5 nitrogen and oxygen atoms in total. The van der Waals surface area contributed by atoms with Crippen LogP contribution in [0.1, 0.15) is 11.8 Å². The van der Waals surface area contributed by atoms with E-state index in [0.29, 0.717) is 26.2 Å². The Labute approximate surface area is 134 Å². The largest absolute Gasteiger partial charge is 0.394 e. The van der Waals surface area contributed by atoms with Crippen molar-refractivity contribution < 1.29 is 14.6 Å². The lowest BCUT2D eigenvalue weighted by Crippen LogP contribution is -2.51. The molecular weight excluding hydrogens is 312 g/mol. The normalized spacial score (nSPS) is 23.2. The van der Waals surface area contributed by atoms with Gasteiger partial charge in [-0.15, -0.1) is 11.3 Å². The van der Waals surface area contributed by atoms with Crippen molar-refractivity contribution in [2.75, 3.05) is 33.3 Å². The summed E-state index contributed by atoms with van der Waals surface area (Å²) in [7, 11) is 1.79. The van der Waals surface area contributed by atoms with Gasteiger partial charge in [0.15, 0.2) is 0 Å². The van der Waals surface area contributed by atoms with Crippen molar-refractivity contribution in [2.45, 2.75) is 25.7 Å². The maximum Gasteiger partial charge on any atom is 0.236 e. The number of aliphatic hydroxyl groups excluding tert-OH is 1. The molecule has 0 aliphatic carbocycles. The van der Waals surface area contributed by atoms with E-state index < -0.39 is 0 Å². The highest BCUT2D eigenvalue weighted by Crippen LogP contribution is 2.22. The Kier molecular flexibility index (Phi) is 6.01. The summed E-state index contributed by atoms with van der Waals surface area (Å²) < 4.78 is 6.31. The highest BCUT2D eigenvalue weighted by Gasteiger charge is 2.26. The number of hydrogen-bond donors (Lipinski definition) is 1. The molecule has 0 aromatic carbocycles. The van der Waals surface area contributed by atoms with Gasteiger partial charge in [-0.3, -0.25) is 9.69 Å². The molecule has 2 rings (SSSR count). The molecule has 0 saturated carbocycles. The van der Waals surface area contributed by atoms with E-state index in [0.717, 1.165) is 9.21 Å². The highest BCUT2D eigenvalue weighted by molar-refractivity contribution is 7.16. The third-order valence-corrected chi connectivity index (χ3v) is 4.63. The number of halogens is 1. The monoisotopic (exact) mass is 332 g/mol. The first kappa shape index (κ1) is 16.7. The third kappa shape index (κ3) is 4.93. The lowest BCUT2D eigenvalue weighted by atomic mass is 10.2. The fraction of sp³-hybridized carbons (Fsp3) is 0.643. The van der Waals surface area contributed by atoms with E-state index >= 15 is 0 Å². The molecule has 1 saturated heterocycles. The van der Waals surface area contributed by atoms with Gasteiger partial charge < -0.3 is 14.7 Å². The number of ether oxygens (including phenoxy) is 1. The van der Waals surface area contributed by atoms with Gasteiger partial charge in [0.05, 0.1) is 36.2 Å². The van der Waals surface area contributed by atoms with Crippen molar-refractivity contribution in [3.63, 3.8) is 0 Å². The van der Waals surface area contributed by atoms with Gasteiger partial charge in [0.25, 0.3) is 0 Å². The van der Waals surface area contributed by atoms with Crippen molar-refractivity contribution in [1.82, 2.24) is 9.80 Å². The number of morpholine rings is 1. The number of nitrogens with zero attached hydrogens (tertiary/aromatic N) is 2. The van der Waals surface area contributed by atoms with Gasteiger partial charge in [0.1, 0.15) is 0 Å². The number of thiophene rings is 1. The Morgan fingerprint density at radius 3 is 2.95 bits per heavy atom. The minimum Gasteiger partial charge on any atom is -0.394 e. The predicted molar refractivity (Wildman–Crippen MR) is 83.7 cm³/mol. The van der Waals surface area contributed by atoms with E-state index in [1.54, 1.807) is 11.9 Å². The van der Waals surface area contributed by atoms with E-state index in [-0.39, 0.29) is 24.7 Å². The first-order valence-electron chi connectivity index (χ1n) is 6.94. The summed E-state index contributed by atoms with van der Waals surface area (Å²) in [6, 6.07) is 3.78. The second-order valence-corrected chi connectivity index (χ2v) is 7.20. The fourth-order valence-electron chi connectivity index (χ4n) is 2.44. The van der Waals surface area contributed by atoms with Crippen LogP contribution in [0.2, 0.25) is 4.34 Å². The van der Waals surface area contributed by atoms with Crippen LogP contribution >= 0.6 is 22.9 Å². The fourth-order valence-corrected chi connectivity index (χ4v) is 3.58. The number of amides is 1. The van der Waals surface area contributed by atoms with Crippen LogP contribution in [0.25, 0.3) is 0 Å². The van der Waals surface area contributed by atoms with Gasteiger partial charge in [0.2, 0.25) is 5.91 Å². The van der Waals surface area contributed by atoms with Crippen LogP contribution in [0.5, 0.6) is 0 Å². The number of rotatable bonds is 5. The van der Waals surface area contributed by atoms with E-state index in [2.05, 4.69) is 0 Å². The summed E-state index contributed by atoms with van der Waals surface area (Å²) in [5, 5.41) is 9.21. The second kappa shape index (κ2) is 7.56. The average molecular weight is 333 g/mol. The first-order valence-corrected chi connectivity index (χ1v) is 8.14. The van der Waals surface area contributed by atoms with Gasteiger partial charge in [-0.1, -0.05) is 11.6 Å². The minimum atomic E-state index is -0.206. The molecule has 1 aromatic heterocycles. The zero-order valence-corrected chi connectivity index (χ0v) is 13.9. The van der Waals surface area contributed by atoms with Crippen molar-refractivity contribution in [3.05, 3.63) is 21.3 Å². The lowest BCUT2D eigenvalue weighted by Gasteiger charge is -2.36. The van der Waals surface area contributed by atoms with Gasteiger partial charge >= 0.3 is 0 Å². The number of hydrogen-bond acceptors (Lipinski definition) is 5. The molecule has 1 amide bonds. The maximum absolute atomic E-state index is 12.3. The summed E-state index contributed by atoms with van der Waals surface area (Å²) in [6.07, 6.45) is -0.173. The summed E-state index contributed by atoms with van der Waals surface area (Å²) >= 11 is 7.39. The Hall–Kier alpha value is -0.660. The van der Waals surface area contributed by atoms with Crippen LogP contribution < -0.4 is 0 Å². The van der Waals surface area contributed by atoms with Crippen molar-refractivity contribution in [3.8, 4) is 0 Å². The molecule has 2 atom stereocenters. The molecule has 0 spiro atoms. The van der Waals surface area contributed by atoms with E-state index in [9.17, 15) is 9.90 Å². The molecule has 21 heavy (non-hydrogen) atoms. The van der Waals surface area contributed by atoms with Gasteiger partial charge in [-0.05, 0) is 19.1 Å². The number of aliphatic hydroxyl groups is 1. The predicted octanol–water partition coefficient (Wildman–Crippen LogP) is 1.44. The molecule has 1 fully saturated rings. The molecule has 1 aliphatic rings. The number of likely N-dealkylation sites (N-methyl/N-ethyl adjacent to an activating group) is 1. The molecule has 0 bridgehead atoms. The van der Waals surface area contributed by atoms with Gasteiger partial charge in [-0.25, -0.2) is 0 Å². The van der Waals surface area contributed by atoms with Crippen LogP contribution in [0.4, 0.5) is 0 Å². The quantitative estimate of drug-likeness (QED) is 0.886. The molecule has 2 heterocycles. The minimum absolute atomic E-state index is 0.0153. The second-order valence-electron chi connectivity index (χ2n) is 5.40. The SMILES string of the molecule is CC1CN(CC(=O)N(C)Cc2ccc(Cl)s2)CC(CO)O1. The van der Waals surface area contributed by atoms with Crippen LogP contribution in [-0.2, 0) is 16.1 Å². The Bertz CT molecular complexity index is 483. The summed E-state index contributed by atoms with van der Waals surface area (Å²) in [5.41, 5.74) is 0. The zero-order chi connectivity index (χ0) is 15.4. The topological polar surface area (TPSA) is 53.0 Å². The lowest BCUT2D eigenvalue weighted by molar-refractivity contribution is -0.137. The molecule has 7 heteroatoms. The molecule has 0 radical (unpaired) electrons. The maximum atomic E-state index is 12.3. The first-order chi connectivity index (χ1) is 9.97. The standard InChI is InChI=1S/C14H21ClN2O3S/c1-10-5-17(6-11(9-18)20-10)8-14(19)16(2)7-12-3-4-13(15)21-12/h3-4,10-11,18H,5-9H2,1-2H3. The third-order valence-electron chi connectivity index (χ3n) is 3.41. The molecule has 1 N–H and O–H groups in total. The van der Waals surface area contributed by atoms with Gasteiger partial charge in [-0.2, -0.15) is 0 Å². The van der Waals surface area contributed by atoms with E-state index in [1.165, 1.54) is 11.3 Å². The smallest absolute Gasteiger partial charge is 0.236 e. The van der Waals surface area contributed by atoms with Crippen LogP contribution in [0.3, 0.4) is 0 Å². The van der Waals surface area contributed by atoms with E-state index in [1.807, 2.05) is 24.0 Å². The zero-order valence-electron chi connectivity index (χ0n) is 12.3. The molecule has 1 aromatic rings. The van der Waals surface area contributed by atoms with Crippen molar-refractivity contribution in [2.24, 2.45) is 0 Å². The summed E-state index contributed by atoms with van der Waals surface area (Å²) in [4.78, 5) is 17.1.